The molecule has 6 heteroatoms. The maximum absolute atomic E-state index is 12.8. The van der Waals surface area contributed by atoms with Crippen LogP contribution in [0.5, 0.6) is 0 Å². The van der Waals surface area contributed by atoms with Gasteiger partial charge in [-0.2, -0.15) is 0 Å². The van der Waals surface area contributed by atoms with Crippen molar-refractivity contribution in [2.45, 2.75) is 51.1 Å². The molecule has 1 aliphatic carbocycles. The Hall–Kier alpha value is -2.47. The van der Waals surface area contributed by atoms with Gasteiger partial charge in [-0.1, -0.05) is 56.0 Å². The molecule has 1 aliphatic heterocycles. The van der Waals surface area contributed by atoms with Gasteiger partial charge in [0.15, 0.2) is 0 Å². The van der Waals surface area contributed by atoms with Gasteiger partial charge in [0.05, 0.1) is 18.3 Å². The quantitative estimate of drug-likeness (QED) is 0.868. The van der Waals surface area contributed by atoms with E-state index in [2.05, 4.69) is 9.97 Å². The number of nitrogens with two attached hydrogens (primary N) is 1. The number of H-pyrrole nitrogens is 1. The van der Waals surface area contributed by atoms with Crippen molar-refractivity contribution in [3.05, 3.63) is 51.9 Å². The molecule has 1 atom stereocenters. The molecule has 0 bridgehead atoms. The van der Waals surface area contributed by atoms with Crippen LogP contribution in [0.4, 0.5) is 0 Å². The third-order valence-corrected chi connectivity index (χ3v) is 5.81. The lowest BCUT2D eigenvalue weighted by Gasteiger charge is -2.30. The van der Waals surface area contributed by atoms with Crippen molar-refractivity contribution in [2.75, 3.05) is 6.54 Å². The molecule has 27 heavy (non-hydrogen) atoms. The van der Waals surface area contributed by atoms with Gasteiger partial charge in [0.25, 0.3) is 5.56 Å². The summed E-state index contributed by atoms with van der Waals surface area (Å²) in [6.45, 7) is 0.885. The smallest absolute Gasteiger partial charge is 0.254 e. The Labute approximate surface area is 158 Å². The van der Waals surface area contributed by atoms with Crippen LogP contribution >= 0.6 is 0 Å². The van der Waals surface area contributed by atoms with E-state index in [0.29, 0.717) is 42.5 Å². The molecule has 3 N–H and O–H groups in total. The highest BCUT2D eigenvalue weighted by Gasteiger charge is 2.29. The first-order chi connectivity index (χ1) is 13.1. The summed E-state index contributed by atoms with van der Waals surface area (Å²) in [5.41, 5.74) is 8.34. The lowest BCUT2D eigenvalue weighted by Crippen LogP contribution is -2.47. The molecular weight excluding hydrogens is 340 g/mol. The van der Waals surface area contributed by atoms with Crippen LogP contribution in [0.15, 0.2) is 35.1 Å². The number of fused-ring (bicyclic) bond motifs is 1. The summed E-state index contributed by atoms with van der Waals surface area (Å²) < 4.78 is 0. The van der Waals surface area contributed by atoms with E-state index in [1.54, 1.807) is 4.90 Å². The minimum atomic E-state index is -0.453. The van der Waals surface area contributed by atoms with Gasteiger partial charge in [-0.25, -0.2) is 4.98 Å². The van der Waals surface area contributed by atoms with Crippen LogP contribution in [0.2, 0.25) is 0 Å². The van der Waals surface area contributed by atoms with Gasteiger partial charge < -0.3 is 15.6 Å². The topological polar surface area (TPSA) is 92.1 Å². The molecule has 2 aromatic rings. The summed E-state index contributed by atoms with van der Waals surface area (Å²) in [5, 5.41) is 0. The second kappa shape index (κ2) is 7.64. The van der Waals surface area contributed by atoms with Gasteiger partial charge in [-0.15, -0.1) is 0 Å². The Morgan fingerprint density at radius 1 is 1.26 bits per heavy atom. The van der Waals surface area contributed by atoms with E-state index < -0.39 is 6.04 Å². The molecule has 1 saturated carbocycles. The van der Waals surface area contributed by atoms with Crippen molar-refractivity contribution in [3.63, 3.8) is 0 Å². The predicted octanol–water partition coefficient (Wildman–Crippen LogP) is 2.23. The second-order valence-corrected chi connectivity index (χ2v) is 7.71. The Balaban J connectivity index is 1.52. The highest BCUT2D eigenvalue weighted by Crippen LogP contribution is 2.29. The molecule has 4 rings (SSSR count). The highest BCUT2D eigenvalue weighted by molar-refractivity contribution is 5.81. The van der Waals surface area contributed by atoms with Gasteiger partial charge in [0, 0.05) is 17.7 Å². The molecule has 2 aliphatic rings. The van der Waals surface area contributed by atoms with Gasteiger partial charge in [0.1, 0.15) is 5.82 Å². The number of aromatic amines is 1. The Morgan fingerprint density at radius 2 is 2.00 bits per heavy atom. The summed E-state index contributed by atoms with van der Waals surface area (Å²) in [4.78, 5) is 34.6. The first-order valence-corrected chi connectivity index (χ1v) is 9.83. The molecule has 6 nitrogen and oxygen atoms in total. The molecule has 2 heterocycles. The van der Waals surface area contributed by atoms with Crippen LogP contribution < -0.4 is 11.3 Å². The van der Waals surface area contributed by atoms with Crippen LogP contribution in [0.25, 0.3) is 11.4 Å². The monoisotopic (exact) mass is 366 g/mol. The number of nitrogens with zero attached hydrogens (tertiary/aromatic N) is 2. The van der Waals surface area contributed by atoms with E-state index >= 15 is 0 Å². The van der Waals surface area contributed by atoms with Crippen molar-refractivity contribution in [1.29, 1.82) is 0 Å². The predicted molar refractivity (Wildman–Crippen MR) is 104 cm³/mol. The highest BCUT2D eigenvalue weighted by atomic mass is 16.2. The number of nitrogens with one attached hydrogen (secondary N) is 1. The van der Waals surface area contributed by atoms with E-state index in [4.69, 9.17) is 5.73 Å². The number of benzene rings is 1. The van der Waals surface area contributed by atoms with E-state index in [1.807, 2.05) is 30.3 Å². The zero-order valence-electron chi connectivity index (χ0n) is 15.5. The fourth-order valence-electron chi connectivity index (χ4n) is 4.30. The van der Waals surface area contributed by atoms with Gasteiger partial charge in [-0.05, 0) is 18.8 Å². The fraction of sp³-hybridized carbons (Fsp3) is 0.476. The molecule has 0 spiro atoms. The molecule has 1 aromatic heterocycles. The van der Waals surface area contributed by atoms with Gasteiger partial charge in [-0.3, -0.25) is 9.59 Å². The van der Waals surface area contributed by atoms with E-state index in [0.717, 1.165) is 12.0 Å². The van der Waals surface area contributed by atoms with Gasteiger partial charge >= 0.3 is 0 Å². The van der Waals surface area contributed by atoms with Crippen molar-refractivity contribution < 1.29 is 4.79 Å². The number of hydrogen-bond donors (Lipinski definition) is 2. The molecule has 0 unspecified atom stereocenters. The van der Waals surface area contributed by atoms with Crippen molar-refractivity contribution in [1.82, 2.24) is 14.9 Å². The molecule has 0 saturated heterocycles. The van der Waals surface area contributed by atoms with E-state index in [-0.39, 0.29) is 11.5 Å². The van der Waals surface area contributed by atoms with Crippen LogP contribution in [-0.4, -0.2) is 33.4 Å². The molecular formula is C21H26N4O2. The average Bonchev–Trinajstić information content (AvgIpc) is 3.20. The summed E-state index contributed by atoms with van der Waals surface area (Å²) in [6, 6.07) is 9.11. The first kappa shape index (κ1) is 17.9. The van der Waals surface area contributed by atoms with Crippen molar-refractivity contribution in [3.8, 4) is 11.4 Å². The maximum atomic E-state index is 12.8. The number of hydrogen-bond acceptors (Lipinski definition) is 4. The first-order valence-electron chi connectivity index (χ1n) is 9.83. The molecule has 142 valence electrons. The molecule has 1 fully saturated rings. The lowest BCUT2D eigenvalue weighted by molar-refractivity contribution is -0.134. The van der Waals surface area contributed by atoms with Crippen LogP contribution in [0.3, 0.4) is 0 Å². The molecule has 0 radical (unpaired) electrons. The minimum absolute atomic E-state index is 0.0177. The molecule has 1 aromatic carbocycles. The Morgan fingerprint density at radius 3 is 2.74 bits per heavy atom. The summed E-state index contributed by atoms with van der Waals surface area (Å²) >= 11 is 0. The second-order valence-electron chi connectivity index (χ2n) is 7.71. The zero-order chi connectivity index (χ0) is 18.8. The number of carbonyl (C=O) groups excluding carboxylic acids is 1. The van der Waals surface area contributed by atoms with Crippen LogP contribution in [-0.2, 0) is 17.8 Å². The Kier molecular flexibility index (Phi) is 5.07. The van der Waals surface area contributed by atoms with Crippen molar-refractivity contribution in [2.24, 2.45) is 11.7 Å². The summed E-state index contributed by atoms with van der Waals surface area (Å²) in [6.07, 6.45) is 6.15. The lowest BCUT2D eigenvalue weighted by atomic mass is 9.97. The average molecular weight is 366 g/mol. The minimum Gasteiger partial charge on any atom is -0.335 e. The summed E-state index contributed by atoms with van der Waals surface area (Å²) in [7, 11) is 0. The Bertz CT molecular complexity index is 871. The third-order valence-electron chi connectivity index (χ3n) is 5.81. The zero-order valence-corrected chi connectivity index (χ0v) is 15.5. The third kappa shape index (κ3) is 3.81. The summed E-state index contributed by atoms with van der Waals surface area (Å²) in [5.74, 6) is 1.10. The molecule has 1 amide bonds. The normalized spacial score (nSPS) is 18.3. The number of aromatic nitrogens is 2. The van der Waals surface area contributed by atoms with Crippen LogP contribution in [0, 0.1) is 5.92 Å². The maximum Gasteiger partial charge on any atom is 0.254 e. The van der Waals surface area contributed by atoms with E-state index in [9.17, 15) is 9.59 Å². The van der Waals surface area contributed by atoms with Crippen LogP contribution in [0.1, 0.15) is 43.4 Å². The standard InChI is InChI=1S/C21H26N4O2/c22-17(12-14-6-4-5-7-14)21(27)25-11-10-16-18(13-25)23-19(24-20(16)26)15-8-2-1-3-9-15/h1-3,8-9,14,17H,4-7,10-13,22H2,(H,23,24,26)/t17-/m1/s1. The number of amides is 1. The number of rotatable bonds is 4. The fourth-order valence-corrected chi connectivity index (χ4v) is 4.30. The van der Waals surface area contributed by atoms with Gasteiger partial charge in [0.2, 0.25) is 5.91 Å². The SMILES string of the molecule is N[C@H](CC1CCCC1)C(=O)N1CCc2c(nc(-c3ccccc3)[nH]c2=O)C1. The van der Waals surface area contributed by atoms with E-state index in [1.165, 1.54) is 25.7 Å². The van der Waals surface area contributed by atoms with Crippen molar-refractivity contribution >= 4 is 5.91 Å². The number of carbonyl (C=O) groups is 1. The largest absolute Gasteiger partial charge is 0.335 e.